The van der Waals surface area contributed by atoms with Crippen molar-refractivity contribution in [1.29, 1.82) is 5.26 Å². The lowest BCUT2D eigenvalue weighted by atomic mass is 10.1. The van der Waals surface area contributed by atoms with Gasteiger partial charge in [0.05, 0.1) is 0 Å². The Hall–Kier alpha value is -3.37. The summed E-state index contributed by atoms with van der Waals surface area (Å²) in [7, 11) is 0. The van der Waals surface area contributed by atoms with Gasteiger partial charge in [0.1, 0.15) is 23.2 Å². The molecule has 0 unspecified atom stereocenters. The van der Waals surface area contributed by atoms with Crippen LogP contribution in [-0.2, 0) is 11.2 Å². The lowest BCUT2D eigenvalue weighted by Gasteiger charge is -2.00. The van der Waals surface area contributed by atoms with E-state index < -0.39 is 5.91 Å². The average molecular weight is 480 g/mol. The van der Waals surface area contributed by atoms with Crippen molar-refractivity contribution in [2.75, 3.05) is 5.32 Å². The van der Waals surface area contributed by atoms with Crippen molar-refractivity contribution in [2.24, 2.45) is 0 Å². The number of furan rings is 1. The first-order valence-electron chi connectivity index (χ1n) is 9.48. The van der Waals surface area contributed by atoms with Crippen LogP contribution in [0.5, 0.6) is 0 Å². The molecule has 0 aliphatic heterocycles. The highest BCUT2D eigenvalue weighted by atomic mass is 35.5. The van der Waals surface area contributed by atoms with Gasteiger partial charge in [-0.1, -0.05) is 35.3 Å². The van der Waals surface area contributed by atoms with Gasteiger partial charge in [-0.05, 0) is 54.1 Å². The molecule has 0 spiro atoms. The summed E-state index contributed by atoms with van der Waals surface area (Å²) in [6, 6.07) is 20.1. The fourth-order valence-corrected chi connectivity index (χ4v) is 4.00. The van der Waals surface area contributed by atoms with Gasteiger partial charge >= 0.3 is 0 Å². The number of carbonyl (C=O) groups is 1. The Morgan fingerprint density at radius 1 is 1.06 bits per heavy atom. The summed E-state index contributed by atoms with van der Waals surface area (Å²) in [5.41, 5.74) is 1.84. The molecule has 32 heavy (non-hydrogen) atoms. The summed E-state index contributed by atoms with van der Waals surface area (Å²) in [5.74, 6) is 0.450. The lowest BCUT2D eigenvalue weighted by Crippen LogP contribution is -2.13. The van der Waals surface area contributed by atoms with Crippen molar-refractivity contribution < 1.29 is 9.21 Å². The summed E-state index contributed by atoms with van der Waals surface area (Å²) in [6.45, 7) is 0. The third-order valence-corrected chi connectivity index (χ3v) is 5.89. The number of hydrogen-bond donors (Lipinski definition) is 1. The van der Waals surface area contributed by atoms with Crippen LogP contribution in [0.3, 0.4) is 0 Å². The lowest BCUT2D eigenvalue weighted by molar-refractivity contribution is -0.112. The van der Waals surface area contributed by atoms with Crippen molar-refractivity contribution in [1.82, 2.24) is 4.98 Å². The second-order valence-electron chi connectivity index (χ2n) is 6.77. The Labute approximate surface area is 198 Å². The molecular formula is C24H15Cl2N3O2S. The van der Waals surface area contributed by atoms with E-state index in [4.69, 9.17) is 27.6 Å². The zero-order chi connectivity index (χ0) is 22.5. The van der Waals surface area contributed by atoms with Gasteiger partial charge in [0.15, 0.2) is 5.13 Å². The summed E-state index contributed by atoms with van der Waals surface area (Å²) < 4.78 is 5.75. The maximum absolute atomic E-state index is 12.6. The second-order valence-corrected chi connectivity index (χ2v) is 8.76. The molecule has 1 N–H and O–H groups in total. The average Bonchev–Trinajstić information content (AvgIpc) is 3.43. The minimum absolute atomic E-state index is 0.0866. The molecule has 0 atom stereocenters. The molecule has 2 aromatic carbocycles. The van der Waals surface area contributed by atoms with Crippen LogP contribution in [0.25, 0.3) is 17.4 Å². The van der Waals surface area contributed by atoms with E-state index >= 15 is 0 Å². The molecule has 0 fully saturated rings. The van der Waals surface area contributed by atoms with Gasteiger partial charge in [-0.25, -0.2) is 4.98 Å². The van der Waals surface area contributed by atoms with E-state index in [1.54, 1.807) is 30.5 Å². The maximum Gasteiger partial charge on any atom is 0.268 e. The molecule has 0 radical (unpaired) electrons. The molecule has 0 saturated heterocycles. The van der Waals surface area contributed by atoms with E-state index in [1.165, 1.54) is 17.4 Å². The van der Waals surface area contributed by atoms with Gasteiger partial charge in [0.25, 0.3) is 5.91 Å². The van der Waals surface area contributed by atoms with Crippen molar-refractivity contribution in [3.05, 3.63) is 98.7 Å². The highest BCUT2D eigenvalue weighted by Gasteiger charge is 2.14. The van der Waals surface area contributed by atoms with Crippen LogP contribution in [0.4, 0.5) is 5.13 Å². The van der Waals surface area contributed by atoms with E-state index in [2.05, 4.69) is 10.3 Å². The number of amides is 1. The van der Waals surface area contributed by atoms with Crippen LogP contribution in [0.15, 0.2) is 76.9 Å². The molecule has 0 aliphatic rings. The molecule has 158 valence electrons. The van der Waals surface area contributed by atoms with Crippen molar-refractivity contribution in [3.63, 3.8) is 0 Å². The normalized spacial score (nSPS) is 11.2. The number of hydrogen-bond acceptors (Lipinski definition) is 5. The summed E-state index contributed by atoms with van der Waals surface area (Å²) in [6.07, 6.45) is 3.78. The van der Waals surface area contributed by atoms with Crippen molar-refractivity contribution in [2.45, 2.75) is 6.42 Å². The zero-order valence-electron chi connectivity index (χ0n) is 16.5. The minimum atomic E-state index is -0.552. The Morgan fingerprint density at radius 3 is 2.44 bits per heavy atom. The first-order valence-corrected chi connectivity index (χ1v) is 11.1. The molecule has 4 aromatic rings. The summed E-state index contributed by atoms with van der Waals surface area (Å²) in [5, 5.41) is 13.8. The Balaban J connectivity index is 1.44. The number of thiazole rings is 1. The smallest absolute Gasteiger partial charge is 0.268 e. The minimum Gasteiger partial charge on any atom is -0.457 e. The summed E-state index contributed by atoms with van der Waals surface area (Å²) >= 11 is 13.2. The second kappa shape index (κ2) is 9.84. The summed E-state index contributed by atoms with van der Waals surface area (Å²) in [4.78, 5) is 17.8. The van der Waals surface area contributed by atoms with E-state index in [0.717, 1.165) is 16.0 Å². The first kappa shape index (κ1) is 21.8. The fourth-order valence-electron chi connectivity index (χ4n) is 2.91. The van der Waals surface area contributed by atoms with Crippen LogP contribution in [0.1, 0.15) is 16.2 Å². The Bertz CT molecular complexity index is 1320. The molecule has 8 heteroatoms. The Kier molecular flexibility index (Phi) is 6.72. The number of halogens is 2. The quantitative estimate of drug-likeness (QED) is 0.242. The predicted molar refractivity (Wildman–Crippen MR) is 128 cm³/mol. The fraction of sp³-hybridized carbons (Fsp3) is 0.0417. The van der Waals surface area contributed by atoms with Gasteiger partial charge in [-0.2, -0.15) is 5.26 Å². The van der Waals surface area contributed by atoms with Crippen LogP contribution in [-0.4, -0.2) is 10.9 Å². The topological polar surface area (TPSA) is 78.9 Å². The monoisotopic (exact) mass is 479 g/mol. The molecule has 2 aromatic heterocycles. The van der Waals surface area contributed by atoms with Crippen molar-refractivity contribution >= 4 is 51.7 Å². The zero-order valence-corrected chi connectivity index (χ0v) is 18.8. The first-order chi connectivity index (χ1) is 15.5. The number of carbonyl (C=O) groups excluding carboxylic acids is 1. The molecule has 1 amide bonds. The molecule has 4 rings (SSSR count). The van der Waals surface area contributed by atoms with Crippen LogP contribution in [0, 0.1) is 11.3 Å². The third kappa shape index (κ3) is 5.45. The highest BCUT2D eigenvalue weighted by molar-refractivity contribution is 7.15. The van der Waals surface area contributed by atoms with Crippen LogP contribution < -0.4 is 5.32 Å². The molecule has 0 aliphatic carbocycles. The van der Waals surface area contributed by atoms with Crippen molar-refractivity contribution in [3.8, 4) is 17.4 Å². The standard InChI is InChI=1S/C24H15Cl2N3O2S/c25-18-5-1-15(2-6-18)11-21-14-28-24(32-21)29-23(30)17(13-27)12-20-9-10-22(31-20)16-3-7-19(26)8-4-16/h1-10,12,14H,11H2,(H,28,29,30). The Morgan fingerprint density at radius 2 is 1.75 bits per heavy atom. The number of nitrogens with zero attached hydrogens (tertiary/aromatic N) is 2. The molecule has 0 bridgehead atoms. The highest BCUT2D eigenvalue weighted by Crippen LogP contribution is 2.26. The van der Waals surface area contributed by atoms with Crippen LogP contribution in [0.2, 0.25) is 10.0 Å². The molecule has 5 nitrogen and oxygen atoms in total. The maximum atomic E-state index is 12.6. The number of nitrogens with one attached hydrogen (secondary N) is 1. The number of nitriles is 1. The largest absolute Gasteiger partial charge is 0.457 e. The third-order valence-electron chi connectivity index (χ3n) is 4.47. The van der Waals surface area contributed by atoms with Gasteiger partial charge in [-0.3, -0.25) is 10.1 Å². The SMILES string of the molecule is N#CC(=Cc1ccc(-c2ccc(Cl)cc2)o1)C(=O)Nc1ncc(Cc2ccc(Cl)cc2)s1. The van der Waals surface area contributed by atoms with Gasteiger partial charge in [0, 0.05) is 39.2 Å². The molecule has 0 saturated carbocycles. The number of rotatable bonds is 6. The van der Waals surface area contributed by atoms with Gasteiger partial charge in [-0.15, -0.1) is 11.3 Å². The van der Waals surface area contributed by atoms with E-state index in [-0.39, 0.29) is 5.57 Å². The molecule has 2 heterocycles. The van der Waals surface area contributed by atoms with Gasteiger partial charge < -0.3 is 4.42 Å². The van der Waals surface area contributed by atoms with E-state index in [1.807, 2.05) is 42.5 Å². The number of aromatic nitrogens is 1. The van der Waals surface area contributed by atoms with E-state index in [0.29, 0.717) is 33.1 Å². The number of anilines is 1. The molecular weight excluding hydrogens is 465 g/mol. The predicted octanol–water partition coefficient (Wildman–Crippen LogP) is 6.85. The van der Waals surface area contributed by atoms with E-state index in [9.17, 15) is 10.1 Å². The van der Waals surface area contributed by atoms with Gasteiger partial charge in [0.2, 0.25) is 0 Å². The number of benzene rings is 2. The van der Waals surface area contributed by atoms with Crippen LogP contribution >= 0.6 is 34.5 Å².